The van der Waals surface area contributed by atoms with Gasteiger partial charge in [0.15, 0.2) is 0 Å². The summed E-state index contributed by atoms with van der Waals surface area (Å²) in [6, 6.07) is 0.0193. The standard InChI is InChI=1S/C15H26N4OS/c1-5-6-7-12-15(20)18(4)8-9-19(12)10-13-14(11(2)3)16-17-21-13/h11-12H,5-10H2,1-4H3/t12-/m0/s1. The van der Waals surface area contributed by atoms with Crippen LogP contribution in [0.2, 0.25) is 0 Å². The largest absolute Gasteiger partial charge is 0.343 e. The molecule has 1 aliphatic heterocycles. The first kappa shape index (κ1) is 16.4. The van der Waals surface area contributed by atoms with Crippen molar-refractivity contribution < 1.29 is 4.79 Å². The minimum absolute atomic E-state index is 0.0193. The molecule has 1 fully saturated rings. The van der Waals surface area contributed by atoms with Gasteiger partial charge in [-0.1, -0.05) is 38.1 Å². The van der Waals surface area contributed by atoms with Crippen molar-refractivity contribution in [2.45, 2.75) is 58.5 Å². The van der Waals surface area contributed by atoms with Gasteiger partial charge in [0.05, 0.1) is 16.6 Å². The van der Waals surface area contributed by atoms with Gasteiger partial charge >= 0.3 is 0 Å². The van der Waals surface area contributed by atoms with Crippen LogP contribution in [-0.4, -0.2) is 51.5 Å². The number of carbonyl (C=O) groups is 1. The first-order chi connectivity index (χ1) is 10.0. The quantitative estimate of drug-likeness (QED) is 0.810. The molecule has 1 aliphatic rings. The van der Waals surface area contributed by atoms with E-state index in [0.717, 1.165) is 44.6 Å². The number of piperazine rings is 1. The Labute approximate surface area is 131 Å². The molecule has 5 nitrogen and oxygen atoms in total. The van der Waals surface area contributed by atoms with Crippen LogP contribution in [0, 0.1) is 0 Å². The van der Waals surface area contributed by atoms with Crippen LogP contribution >= 0.6 is 11.5 Å². The molecule has 21 heavy (non-hydrogen) atoms. The van der Waals surface area contributed by atoms with E-state index in [1.807, 2.05) is 11.9 Å². The van der Waals surface area contributed by atoms with Crippen molar-refractivity contribution in [3.63, 3.8) is 0 Å². The van der Waals surface area contributed by atoms with E-state index in [0.29, 0.717) is 5.92 Å². The maximum atomic E-state index is 12.4. The van der Waals surface area contributed by atoms with Gasteiger partial charge in [-0.05, 0) is 23.9 Å². The normalized spacial score (nSPS) is 20.5. The lowest BCUT2D eigenvalue weighted by Crippen LogP contribution is -2.55. The Morgan fingerprint density at radius 3 is 2.81 bits per heavy atom. The third-order valence-corrected chi connectivity index (χ3v) is 4.86. The first-order valence-electron chi connectivity index (χ1n) is 7.84. The average Bonchev–Trinajstić information content (AvgIpc) is 2.91. The lowest BCUT2D eigenvalue weighted by molar-refractivity contribution is -0.140. The molecule has 1 amide bonds. The van der Waals surface area contributed by atoms with Gasteiger partial charge in [-0.3, -0.25) is 9.69 Å². The van der Waals surface area contributed by atoms with Crippen LogP contribution in [0.3, 0.4) is 0 Å². The monoisotopic (exact) mass is 310 g/mol. The van der Waals surface area contributed by atoms with E-state index in [9.17, 15) is 4.79 Å². The molecule has 0 saturated carbocycles. The van der Waals surface area contributed by atoms with E-state index in [-0.39, 0.29) is 11.9 Å². The van der Waals surface area contributed by atoms with Crippen LogP contribution in [0.1, 0.15) is 56.5 Å². The highest BCUT2D eigenvalue weighted by Crippen LogP contribution is 2.25. The first-order valence-corrected chi connectivity index (χ1v) is 8.62. The molecule has 118 valence electrons. The number of amides is 1. The molecule has 0 bridgehead atoms. The fraction of sp³-hybridized carbons (Fsp3) is 0.800. The van der Waals surface area contributed by atoms with Gasteiger partial charge < -0.3 is 4.90 Å². The number of hydrogen-bond acceptors (Lipinski definition) is 5. The molecular formula is C15H26N4OS. The van der Waals surface area contributed by atoms with Gasteiger partial charge in [-0.25, -0.2) is 0 Å². The average molecular weight is 310 g/mol. The number of aromatic nitrogens is 2. The van der Waals surface area contributed by atoms with E-state index in [1.165, 1.54) is 16.4 Å². The Morgan fingerprint density at radius 1 is 1.38 bits per heavy atom. The lowest BCUT2D eigenvalue weighted by atomic mass is 10.0. The predicted molar refractivity (Wildman–Crippen MR) is 85.4 cm³/mol. The maximum absolute atomic E-state index is 12.4. The van der Waals surface area contributed by atoms with E-state index in [2.05, 4.69) is 35.3 Å². The number of hydrogen-bond donors (Lipinski definition) is 0. The van der Waals surface area contributed by atoms with Crippen molar-refractivity contribution >= 4 is 17.4 Å². The zero-order chi connectivity index (χ0) is 15.4. The van der Waals surface area contributed by atoms with Gasteiger partial charge in [-0.2, -0.15) is 0 Å². The Hall–Kier alpha value is -1.01. The second kappa shape index (κ2) is 7.31. The maximum Gasteiger partial charge on any atom is 0.239 e. The summed E-state index contributed by atoms with van der Waals surface area (Å²) < 4.78 is 4.10. The third kappa shape index (κ3) is 3.80. The van der Waals surface area contributed by atoms with Crippen LogP contribution in [0.4, 0.5) is 0 Å². The molecule has 6 heteroatoms. The molecule has 2 rings (SSSR count). The van der Waals surface area contributed by atoms with E-state index in [1.54, 1.807) is 0 Å². The summed E-state index contributed by atoms with van der Waals surface area (Å²) in [6.07, 6.45) is 3.17. The van der Waals surface area contributed by atoms with Crippen LogP contribution in [0.5, 0.6) is 0 Å². The molecule has 0 N–H and O–H groups in total. The molecule has 0 aliphatic carbocycles. The van der Waals surface area contributed by atoms with Gasteiger partial charge in [0.25, 0.3) is 0 Å². The SMILES string of the molecule is CCCC[C@H]1C(=O)N(C)CCN1Cc1snnc1C(C)C. The number of rotatable bonds is 6. The Balaban J connectivity index is 2.12. The highest BCUT2D eigenvalue weighted by molar-refractivity contribution is 7.05. The summed E-state index contributed by atoms with van der Waals surface area (Å²) in [7, 11) is 1.91. The van der Waals surface area contributed by atoms with Gasteiger partial charge in [-0.15, -0.1) is 5.10 Å². The van der Waals surface area contributed by atoms with Gasteiger partial charge in [0, 0.05) is 26.7 Å². The number of nitrogens with zero attached hydrogens (tertiary/aromatic N) is 4. The summed E-state index contributed by atoms with van der Waals surface area (Å²) in [4.78, 5) is 17.8. The van der Waals surface area contributed by atoms with Crippen molar-refractivity contribution in [3.05, 3.63) is 10.6 Å². The highest BCUT2D eigenvalue weighted by atomic mass is 32.1. The highest BCUT2D eigenvalue weighted by Gasteiger charge is 2.33. The molecule has 1 atom stereocenters. The molecule has 1 aromatic rings. The van der Waals surface area contributed by atoms with E-state index < -0.39 is 0 Å². The Kier molecular flexibility index (Phi) is 5.70. The van der Waals surface area contributed by atoms with Crippen molar-refractivity contribution in [1.82, 2.24) is 19.4 Å². The summed E-state index contributed by atoms with van der Waals surface area (Å²) >= 11 is 1.47. The van der Waals surface area contributed by atoms with E-state index in [4.69, 9.17) is 0 Å². The summed E-state index contributed by atoms with van der Waals surface area (Å²) in [6.45, 7) is 9.01. The molecule has 0 unspecified atom stereocenters. The van der Waals surface area contributed by atoms with Crippen molar-refractivity contribution in [1.29, 1.82) is 0 Å². The fourth-order valence-corrected chi connectivity index (χ4v) is 3.62. The molecular weight excluding hydrogens is 284 g/mol. The van der Waals surface area contributed by atoms with Crippen LogP contribution < -0.4 is 0 Å². The predicted octanol–water partition coefficient (Wildman–Crippen LogP) is 2.49. The van der Waals surface area contributed by atoms with Crippen LogP contribution in [0.25, 0.3) is 0 Å². The molecule has 2 heterocycles. The summed E-state index contributed by atoms with van der Waals surface area (Å²) in [5.74, 6) is 0.647. The number of likely N-dealkylation sites (N-methyl/N-ethyl adjacent to an activating group) is 1. The fourth-order valence-electron chi connectivity index (χ4n) is 2.80. The second-order valence-electron chi connectivity index (χ2n) is 6.12. The molecule has 0 radical (unpaired) electrons. The van der Waals surface area contributed by atoms with E-state index >= 15 is 0 Å². The minimum atomic E-state index is 0.0193. The molecule has 1 aromatic heterocycles. The number of unbranched alkanes of at least 4 members (excludes halogenated alkanes) is 1. The smallest absolute Gasteiger partial charge is 0.239 e. The Morgan fingerprint density at radius 2 is 2.14 bits per heavy atom. The lowest BCUT2D eigenvalue weighted by Gasteiger charge is -2.39. The van der Waals surface area contributed by atoms with Gasteiger partial charge in [0.1, 0.15) is 0 Å². The Bertz CT molecular complexity index is 474. The minimum Gasteiger partial charge on any atom is -0.343 e. The summed E-state index contributed by atoms with van der Waals surface area (Å²) in [5.41, 5.74) is 1.08. The van der Waals surface area contributed by atoms with Crippen molar-refractivity contribution in [2.75, 3.05) is 20.1 Å². The third-order valence-electron chi connectivity index (χ3n) is 4.13. The zero-order valence-electron chi connectivity index (χ0n) is 13.5. The summed E-state index contributed by atoms with van der Waals surface area (Å²) in [5, 5.41) is 4.25. The van der Waals surface area contributed by atoms with Gasteiger partial charge in [0.2, 0.25) is 5.91 Å². The van der Waals surface area contributed by atoms with Crippen molar-refractivity contribution in [3.8, 4) is 0 Å². The van der Waals surface area contributed by atoms with Crippen LogP contribution in [0.15, 0.2) is 0 Å². The van der Waals surface area contributed by atoms with Crippen LogP contribution in [-0.2, 0) is 11.3 Å². The van der Waals surface area contributed by atoms with Crippen molar-refractivity contribution in [2.24, 2.45) is 0 Å². The second-order valence-corrected chi connectivity index (χ2v) is 6.96. The number of carbonyl (C=O) groups excluding carboxylic acids is 1. The topological polar surface area (TPSA) is 49.3 Å². The zero-order valence-corrected chi connectivity index (χ0v) is 14.3. The molecule has 1 saturated heterocycles. The molecule has 0 aromatic carbocycles. The molecule has 0 spiro atoms.